The van der Waals surface area contributed by atoms with Crippen LogP contribution < -0.4 is 0 Å². The van der Waals surface area contributed by atoms with Crippen molar-refractivity contribution in [1.29, 1.82) is 0 Å². The number of para-hydroxylation sites is 1. The van der Waals surface area contributed by atoms with Crippen LogP contribution in [-0.2, 0) is 0 Å². The molecule has 0 radical (unpaired) electrons. The number of unbranched alkanes of at least 4 members (excludes halogenated alkanes) is 1. The van der Waals surface area contributed by atoms with Gasteiger partial charge in [0.2, 0.25) is 0 Å². The van der Waals surface area contributed by atoms with Crippen molar-refractivity contribution in [2.75, 3.05) is 0 Å². The van der Waals surface area contributed by atoms with Crippen molar-refractivity contribution in [2.24, 2.45) is 5.92 Å². The number of phenolic OH excluding ortho intramolecular Hbond substituents is 1. The molecule has 0 spiro atoms. The van der Waals surface area contributed by atoms with Crippen LogP contribution in [0.2, 0.25) is 3.67 Å². The first-order valence-electron chi connectivity index (χ1n) is 6.48. The summed E-state index contributed by atoms with van der Waals surface area (Å²) >= 11 is 1.40. The molecule has 86 valence electrons. The summed E-state index contributed by atoms with van der Waals surface area (Å²) in [4.78, 5) is 0. The van der Waals surface area contributed by atoms with E-state index in [0.29, 0.717) is 5.75 Å². The zero-order valence-corrected chi connectivity index (χ0v) is 12.9. The second-order valence-electron chi connectivity index (χ2n) is 4.16. The van der Waals surface area contributed by atoms with Gasteiger partial charge in [-0.2, -0.15) is 0 Å². The van der Waals surface area contributed by atoms with Crippen molar-refractivity contribution in [3.63, 3.8) is 0 Å². The Bertz CT molecular complexity index is 232. The minimum atomic E-state index is 0.322. The summed E-state index contributed by atoms with van der Waals surface area (Å²) in [6.07, 6.45) is 5.71. The van der Waals surface area contributed by atoms with Gasteiger partial charge in [0.15, 0.2) is 0 Å². The van der Waals surface area contributed by atoms with Crippen LogP contribution in [0.4, 0.5) is 0 Å². The van der Waals surface area contributed by atoms with Gasteiger partial charge >= 0.3 is 77.0 Å². The van der Waals surface area contributed by atoms with E-state index in [4.69, 9.17) is 5.11 Å². The summed E-state index contributed by atoms with van der Waals surface area (Å²) in [5.74, 6) is 1.39. The third kappa shape index (κ3) is 9.26. The second kappa shape index (κ2) is 11.5. The maximum absolute atomic E-state index is 8.63. The molecule has 0 saturated carbocycles. The standard InChI is InChI=1S/C8H17.C6H6O.Na/c1-4-6-7-8(3)5-2;7-6-4-2-1-3-5-6;/h8H,3-7H2,1-2H3;1-5,7H;. The summed E-state index contributed by atoms with van der Waals surface area (Å²) in [6, 6.07) is 8.71. The van der Waals surface area contributed by atoms with Crippen LogP contribution in [0, 0.1) is 5.92 Å². The van der Waals surface area contributed by atoms with E-state index in [2.05, 4.69) is 13.8 Å². The molecule has 1 aromatic carbocycles. The Hall–Kier alpha value is 0.0200. The minimum Gasteiger partial charge on any atom is -0.508 e. The van der Waals surface area contributed by atoms with Crippen molar-refractivity contribution in [2.45, 2.75) is 43.2 Å². The summed E-state index contributed by atoms with van der Waals surface area (Å²) in [6.45, 7) is 4.60. The average molecular weight is 230 g/mol. The zero-order valence-electron chi connectivity index (χ0n) is 10.9. The molecule has 0 amide bonds. The summed E-state index contributed by atoms with van der Waals surface area (Å²) in [5, 5.41) is 8.63. The van der Waals surface area contributed by atoms with E-state index in [0.717, 1.165) is 5.92 Å². The van der Waals surface area contributed by atoms with Crippen LogP contribution in [0.3, 0.4) is 0 Å². The molecular formula is C14H23NaO. The monoisotopic (exact) mass is 230 g/mol. The molecule has 1 atom stereocenters. The van der Waals surface area contributed by atoms with Crippen LogP contribution in [0.25, 0.3) is 0 Å². The maximum Gasteiger partial charge on any atom is 0.115 e. The molecule has 1 N–H and O–H groups in total. The Morgan fingerprint density at radius 3 is 2.12 bits per heavy atom. The predicted octanol–water partition coefficient (Wildman–Crippen LogP) is 4.18. The van der Waals surface area contributed by atoms with Crippen molar-refractivity contribution >= 4 is 27.9 Å². The quantitative estimate of drug-likeness (QED) is 0.752. The van der Waals surface area contributed by atoms with Crippen molar-refractivity contribution < 1.29 is 5.11 Å². The Labute approximate surface area is 118 Å². The molecule has 2 heteroatoms. The van der Waals surface area contributed by atoms with Crippen molar-refractivity contribution in [3.8, 4) is 5.75 Å². The molecule has 0 aromatic heterocycles. The van der Waals surface area contributed by atoms with Crippen LogP contribution in [0.1, 0.15) is 39.5 Å². The van der Waals surface area contributed by atoms with E-state index in [1.165, 1.54) is 57.3 Å². The van der Waals surface area contributed by atoms with E-state index in [1.54, 1.807) is 24.3 Å². The fourth-order valence-corrected chi connectivity index (χ4v) is 2.60. The molecule has 0 aliphatic heterocycles. The molecule has 0 aliphatic rings. The van der Waals surface area contributed by atoms with E-state index in [9.17, 15) is 0 Å². The van der Waals surface area contributed by atoms with Gasteiger partial charge in [-0.25, -0.2) is 0 Å². The Kier molecular flexibility index (Phi) is 11.5. The predicted molar refractivity (Wildman–Crippen MR) is 72.0 cm³/mol. The molecule has 0 bridgehead atoms. The van der Waals surface area contributed by atoms with Gasteiger partial charge in [0, 0.05) is 0 Å². The molecule has 0 aliphatic carbocycles. The first-order valence-corrected chi connectivity index (χ1v) is 7.89. The molecule has 0 heterocycles. The van der Waals surface area contributed by atoms with Crippen LogP contribution in [0.15, 0.2) is 30.3 Å². The molecule has 0 saturated heterocycles. The zero-order chi connectivity index (χ0) is 12.2. The minimum absolute atomic E-state index is 0.322. The summed E-state index contributed by atoms with van der Waals surface area (Å²) < 4.78 is 1.51. The van der Waals surface area contributed by atoms with Crippen molar-refractivity contribution in [3.05, 3.63) is 30.3 Å². The first-order chi connectivity index (χ1) is 7.74. The smallest absolute Gasteiger partial charge is 0.115 e. The number of benzene rings is 1. The van der Waals surface area contributed by atoms with Crippen molar-refractivity contribution in [1.82, 2.24) is 0 Å². The third-order valence-electron chi connectivity index (χ3n) is 2.88. The van der Waals surface area contributed by atoms with Crippen LogP contribution in [0.5, 0.6) is 5.75 Å². The van der Waals surface area contributed by atoms with Gasteiger partial charge in [-0.1, -0.05) is 18.2 Å². The van der Waals surface area contributed by atoms with E-state index < -0.39 is 0 Å². The van der Waals surface area contributed by atoms with Gasteiger partial charge < -0.3 is 5.11 Å². The van der Waals surface area contributed by atoms with Crippen LogP contribution in [-0.4, -0.2) is 33.0 Å². The molecular weight excluding hydrogens is 207 g/mol. The van der Waals surface area contributed by atoms with Gasteiger partial charge in [0.1, 0.15) is 5.75 Å². The fraction of sp³-hybridized carbons (Fsp3) is 0.571. The van der Waals surface area contributed by atoms with Gasteiger partial charge in [-0.05, 0) is 12.1 Å². The SMILES string of the molecule is CCCCC(CC)[CH2][Na].Oc1ccccc1. The van der Waals surface area contributed by atoms with Gasteiger partial charge in [-0.3, -0.25) is 0 Å². The Balaban J connectivity index is 0.000000288. The number of rotatable bonds is 5. The number of aromatic hydroxyl groups is 1. The van der Waals surface area contributed by atoms with Gasteiger partial charge in [0.05, 0.1) is 0 Å². The van der Waals surface area contributed by atoms with E-state index in [-0.39, 0.29) is 0 Å². The maximum atomic E-state index is 8.63. The molecule has 1 nitrogen and oxygen atoms in total. The molecule has 0 fully saturated rings. The molecule has 1 rings (SSSR count). The van der Waals surface area contributed by atoms with Crippen LogP contribution >= 0.6 is 0 Å². The Morgan fingerprint density at radius 2 is 1.81 bits per heavy atom. The topological polar surface area (TPSA) is 20.2 Å². The Morgan fingerprint density at radius 1 is 1.19 bits per heavy atom. The second-order valence-corrected chi connectivity index (χ2v) is 4.98. The van der Waals surface area contributed by atoms with Gasteiger partial charge in [0.25, 0.3) is 0 Å². The molecule has 1 unspecified atom stereocenters. The van der Waals surface area contributed by atoms with E-state index in [1.807, 2.05) is 6.07 Å². The average Bonchev–Trinajstić information content (AvgIpc) is 2.32. The summed E-state index contributed by atoms with van der Waals surface area (Å²) in [7, 11) is 0. The van der Waals surface area contributed by atoms with Gasteiger partial charge in [-0.15, -0.1) is 0 Å². The van der Waals surface area contributed by atoms with E-state index >= 15 is 0 Å². The number of hydrogen-bond acceptors (Lipinski definition) is 1. The molecule has 1 aromatic rings. The first kappa shape index (κ1) is 16.0. The molecule has 16 heavy (non-hydrogen) atoms. The largest absolute Gasteiger partial charge is 0.508 e. The number of phenols is 1. The number of hydrogen-bond donors (Lipinski definition) is 1. The normalized spacial score (nSPS) is 11.5. The summed E-state index contributed by atoms with van der Waals surface area (Å²) in [5.41, 5.74) is 0. The third-order valence-corrected chi connectivity index (χ3v) is 4.03. The fourth-order valence-electron chi connectivity index (χ4n) is 1.62.